The third kappa shape index (κ3) is 4.82. The Balaban J connectivity index is 1.35. The molecule has 1 saturated heterocycles. The molecule has 200 valence electrons. The van der Waals surface area contributed by atoms with Crippen molar-refractivity contribution in [1.82, 2.24) is 15.1 Å². The molecule has 0 radical (unpaired) electrons. The first-order valence-corrected chi connectivity index (χ1v) is 13.0. The smallest absolute Gasteiger partial charge is 0.418 e. The zero-order valence-electron chi connectivity index (χ0n) is 21.3. The standard InChI is InChI=1S/C28H31FN4O5/c1-30-26(36)31-21-11-12-23-19(15-21)13-14-28(23)25(35)33(27(37)38-28)17-24(34)32(22-5-3-2-4-6-22)16-18-7-9-20(29)10-8-18/h7-12,15,22H,2-6,13-14,16-17H2,1H3,(H2,30,31,36)/t28-/m1/s1. The Morgan fingerprint density at radius 1 is 1.11 bits per heavy atom. The molecule has 0 unspecified atom stereocenters. The van der Waals surface area contributed by atoms with Crippen LogP contribution in [0, 0.1) is 5.82 Å². The summed E-state index contributed by atoms with van der Waals surface area (Å²) in [5.41, 5.74) is 1.25. The summed E-state index contributed by atoms with van der Waals surface area (Å²) < 4.78 is 19.1. The van der Waals surface area contributed by atoms with E-state index in [1.165, 1.54) is 19.2 Å². The lowest BCUT2D eigenvalue weighted by atomic mass is 9.93. The number of fused-ring (bicyclic) bond motifs is 2. The molecule has 1 aliphatic heterocycles. The maximum absolute atomic E-state index is 13.6. The molecule has 2 aromatic rings. The summed E-state index contributed by atoms with van der Waals surface area (Å²) in [5.74, 6) is -1.24. The molecule has 2 fully saturated rings. The average Bonchev–Trinajstić information content (AvgIpc) is 3.40. The van der Waals surface area contributed by atoms with Crippen LogP contribution in [0.5, 0.6) is 0 Å². The predicted molar refractivity (Wildman–Crippen MR) is 137 cm³/mol. The lowest BCUT2D eigenvalue weighted by Gasteiger charge is -2.35. The molecule has 38 heavy (non-hydrogen) atoms. The fourth-order valence-corrected chi connectivity index (χ4v) is 5.75. The summed E-state index contributed by atoms with van der Waals surface area (Å²) in [6, 6.07) is 10.7. The summed E-state index contributed by atoms with van der Waals surface area (Å²) in [7, 11) is 1.51. The molecule has 3 aliphatic rings. The predicted octanol–water partition coefficient (Wildman–Crippen LogP) is 4.06. The van der Waals surface area contributed by atoms with Gasteiger partial charge >= 0.3 is 12.1 Å². The van der Waals surface area contributed by atoms with E-state index < -0.39 is 24.1 Å². The Hall–Kier alpha value is -3.95. The topological polar surface area (TPSA) is 108 Å². The highest BCUT2D eigenvalue weighted by Crippen LogP contribution is 2.46. The van der Waals surface area contributed by atoms with Gasteiger partial charge in [-0.15, -0.1) is 0 Å². The van der Waals surface area contributed by atoms with Gasteiger partial charge < -0.3 is 20.3 Å². The minimum absolute atomic E-state index is 0.0116. The maximum atomic E-state index is 13.6. The number of anilines is 1. The highest BCUT2D eigenvalue weighted by Gasteiger charge is 2.58. The van der Waals surface area contributed by atoms with Gasteiger partial charge in [0, 0.05) is 37.3 Å². The van der Waals surface area contributed by atoms with Crippen LogP contribution in [0.15, 0.2) is 42.5 Å². The van der Waals surface area contributed by atoms with Crippen molar-refractivity contribution in [2.75, 3.05) is 18.9 Å². The number of hydrogen-bond donors (Lipinski definition) is 2. The van der Waals surface area contributed by atoms with Gasteiger partial charge in [0.15, 0.2) is 0 Å². The third-order valence-electron chi connectivity index (χ3n) is 7.74. The second-order valence-electron chi connectivity index (χ2n) is 10.1. The van der Waals surface area contributed by atoms with Crippen LogP contribution in [0.2, 0.25) is 0 Å². The highest BCUT2D eigenvalue weighted by molar-refractivity contribution is 6.06. The van der Waals surface area contributed by atoms with Crippen LogP contribution in [-0.2, 0) is 32.9 Å². The minimum Gasteiger partial charge on any atom is -0.427 e. The Morgan fingerprint density at radius 2 is 1.84 bits per heavy atom. The number of ether oxygens (including phenoxy) is 1. The van der Waals surface area contributed by atoms with Crippen LogP contribution in [0.1, 0.15) is 55.2 Å². The quantitative estimate of drug-likeness (QED) is 0.595. The molecule has 1 atom stereocenters. The second-order valence-corrected chi connectivity index (χ2v) is 10.1. The first kappa shape index (κ1) is 25.7. The van der Waals surface area contributed by atoms with Crippen molar-refractivity contribution in [3.63, 3.8) is 0 Å². The van der Waals surface area contributed by atoms with Crippen molar-refractivity contribution >= 4 is 29.6 Å². The number of carbonyl (C=O) groups is 4. The molecule has 1 saturated carbocycles. The molecule has 0 aromatic heterocycles. The van der Waals surface area contributed by atoms with Crippen LogP contribution >= 0.6 is 0 Å². The number of urea groups is 1. The summed E-state index contributed by atoms with van der Waals surface area (Å²) in [6.45, 7) is -0.140. The first-order valence-electron chi connectivity index (χ1n) is 13.0. The number of nitrogens with zero attached hydrogens (tertiary/aromatic N) is 2. The largest absolute Gasteiger partial charge is 0.427 e. The van der Waals surface area contributed by atoms with Crippen molar-refractivity contribution in [2.24, 2.45) is 0 Å². The molecule has 2 aromatic carbocycles. The van der Waals surface area contributed by atoms with Crippen molar-refractivity contribution < 1.29 is 28.3 Å². The van der Waals surface area contributed by atoms with Crippen LogP contribution < -0.4 is 10.6 Å². The Morgan fingerprint density at radius 3 is 2.55 bits per heavy atom. The van der Waals surface area contributed by atoms with E-state index in [0.29, 0.717) is 17.7 Å². The van der Waals surface area contributed by atoms with E-state index in [0.717, 1.165) is 48.1 Å². The first-order chi connectivity index (χ1) is 18.3. The number of nitrogens with one attached hydrogen (secondary N) is 2. The van der Waals surface area contributed by atoms with Gasteiger partial charge in [-0.1, -0.05) is 37.5 Å². The molecular weight excluding hydrogens is 491 g/mol. The number of halogens is 1. The van der Waals surface area contributed by atoms with E-state index in [4.69, 9.17) is 4.74 Å². The van der Waals surface area contributed by atoms with E-state index in [9.17, 15) is 23.6 Å². The van der Waals surface area contributed by atoms with Crippen molar-refractivity contribution in [3.05, 3.63) is 65.0 Å². The molecule has 1 heterocycles. The second kappa shape index (κ2) is 10.4. The van der Waals surface area contributed by atoms with Crippen molar-refractivity contribution in [2.45, 2.75) is 63.1 Å². The molecule has 5 rings (SSSR count). The van der Waals surface area contributed by atoms with Gasteiger partial charge in [-0.05, 0) is 54.7 Å². The maximum Gasteiger partial charge on any atom is 0.418 e. The van der Waals surface area contributed by atoms with Crippen LogP contribution in [-0.4, -0.2) is 53.4 Å². The van der Waals surface area contributed by atoms with Crippen molar-refractivity contribution in [3.8, 4) is 0 Å². The lowest BCUT2D eigenvalue weighted by Crippen LogP contribution is -2.48. The summed E-state index contributed by atoms with van der Waals surface area (Å²) in [4.78, 5) is 54.5. The normalized spacial score (nSPS) is 20.8. The highest BCUT2D eigenvalue weighted by atomic mass is 19.1. The van der Waals surface area contributed by atoms with Gasteiger partial charge in [0.1, 0.15) is 12.4 Å². The van der Waals surface area contributed by atoms with Crippen LogP contribution in [0.25, 0.3) is 0 Å². The van der Waals surface area contributed by atoms with Crippen LogP contribution in [0.3, 0.4) is 0 Å². The zero-order valence-corrected chi connectivity index (χ0v) is 21.3. The molecule has 5 amide bonds. The van der Waals surface area contributed by atoms with Gasteiger partial charge in [-0.3, -0.25) is 9.59 Å². The summed E-state index contributed by atoms with van der Waals surface area (Å²) in [6.07, 6.45) is 4.70. The minimum atomic E-state index is -1.47. The fraction of sp³-hybridized carbons (Fsp3) is 0.429. The van der Waals surface area contributed by atoms with Gasteiger partial charge in [0.05, 0.1) is 0 Å². The number of imide groups is 1. The summed E-state index contributed by atoms with van der Waals surface area (Å²) in [5, 5.41) is 5.18. The molecule has 9 nitrogen and oxygen atoms in total. The van der Waals surface area contributed by atoms with Gasteiger partial charge in [0.2, 0.25) is 11.5 Å². The molecule has 1 spiro atoms. The van der Waals surface area contributed by atoms with Gasteiger partial charge in [-0.25, -0.2) is 18.9 Å². The fourth-order valence-electron chi connectivity index (χ4n) is 5.75. The summed E-state index contributed by atoms with van der Waals surface area (Å²) >= 11 is 0. The Bertz CT molecular complexity index is 1260. The Kier molecular flexibility index (Phi) is 7.05. The van der Waals surface area contributed by atoms with Crippen LogP contribution in [0.4, 0.5) is 19.7 Å². The molecule has 2 N–H and O–H groups in total. The van der Waals surface area contributed by atoms with Crippen molar-refractivity contribution in [1.29, 1.82) is 0 Å². The van der Waals surface area contributed by atoms with Gasteiger partial charge in [-0.2, -0.15) is 0 Å². The average molecular weight is 523 g/mol. The Labute approximate surface area is 220 Å². The monoisotopic (exact) mass is 522 g/mol. The number of aryl methyl sites for hydroxylation is 1. The van der Waals surface area contributed by atoms with E-state index in [1.807, 2.05) is 0 Å². The lowest BCUT2D eigenvalue weighted by molar-refractivity contribution is -0.143. The number of benzene rings is 2. The number of amides is 5. The number of rotatable bonds is 6. The molecule has 10 heteroatoms. The molecular formula is C28H31FN4O5. The van der Waals surface area contributed by atoms with E-state index >= 15 is 0 Å². The third-order valence-corrected chi connectivity index (χ3v) is 7.74. The SMILES string of the molecule is CNC(=O)Nc1ccc2c(c1)CC[C@@]21OC(=O)N(CC(=O)N(Cc2ccc(F)cc2)C2CCCCC2)C1=O. The molecule has 2 aliphatic carbocycles. The zero-order chi connectivity index (χ0) is 26.9. The van der Waals surface area contributed by atoms with Gasteiger partial charge in [0.25, 0.3) is 5.91 Å². The van der Waals surface area contributed by atoms with E-state index in [2.05, 4.69) is 10.6 Å². The number of hydrogen-bond acceptors (Lipinski definition) is 5. The molecule has 0 bridgehead atoms. The van der Waals surface area contributed by atoms with E-state index in [-0.39, 0.29) is 36.8 Å². The van der Waals surface area contributed by atoms with E-state index in [1.54, 1.807) is 35.2 Å². The number of carbonyl (C=O) groups excluding carboxylic acids is 4.